The minimum Gasteiger partial charge on any atom is -0.495 e. The molecular weight excluding hydrogens is 392 g/mol. The van der Waals surface area contributed by atoms with Crippen molar-refractivity contribution in [3.63, 3.8) is 0 Å². The van der Waals surface area contributed by atoms with Gasteiger partial charge in [0, 0.05) is 23.6 Å². The zero-order valence-corrected chi connectivity index (χ0v) is 16.1. The average Bonchev–Trinajstić information content (AvgIpc) is 2.49. The van der Waals surface area contributed by atoms with Crippen molar-refractivity contribution in [2.24, 2.45) is 0 Å². The number of halogens is 2. The zero-order chi connectivity index (χ0) is 15.6. The molecule has 1 aliphatic rings. The molecule has 0 spiro atoms. The molecule has 1 N–H and O–H groups in total. The molecule has 1 aliphatic heterocycles. The summed E-state index contributed by atoms with van der Waals surface area (Å²) in [6.45, 7) is 2.95. The third-order valence-electron chi connectivity index (χ3n) is 3.86. The summed E-state index contributed by atoms with van der Waals surface area (Å²) < 4.78 is 33.4. The molecule has 1 aromatic rings. The lowest BCUT2D eigenvalue weighted by molar-refractivity contribution is 0.291. The van der Waals surface area contributed by atoms with E-state index in [1.54, 1.807) is 12.1 Å². The number of aryl methyl sites for hydroxylation is 1. The predicted octanol–water partition coefficient (Wildman–Crippen LogP) is 2.56. The fraction of sp³-hybridized carbons (Fsp3) is 0.571. The van der Waals surface area contributed by atoms with E-state index in [0.717, 1.165) is 22.9 Å². The summed E-state index contributed by atoms with van der Waals surface area (Å²) in [5.74, 6) is 0.391. The Balaban J connectivity index is 0.00000242. The molecule has 22 heavy (non-hydrogen) atoms. The van der Waals surface area contributed by atoms with Gasteiger partial charge in [0.2, 0.25) is 10.0 Å². The van der Waals surface area contributed by atoms with Crippen molar-refractivity contribution in [2.75, 3.05) is 27.2 Å². The van der Waals surface area contributed by atoms with Crippen LogP contribution in [0.15, 0.2) is 21.5 Å². The molecule has 1 heterocycles. The number of likely N-dealkylation sites (N-methyl/N-ethyl adjacent to an activating group) is 1. The minimum atomic E-state index is -3.55. The molecule has 1 aromatic carbocycles. The molecule has 0 aliphatic carbocycles. The van der Waals surface area contributed by atoms with Crippen molar-refractivity contribution >= 4 is 38.4 Å². The Morgan fingerprint density at radius 3 is 2.68 bits per heavy atom. The summed E-state index contributed by atoms with van der Waals surface area (Å²) in [5, 5.41) is 3.16. The van der Waals surface area contributed by atoms with Gasteiger partial charge in [0.1, 0.15) is 10.6 Å². The SMILES string of the molecule is CNC1CCCN(S(=O)(=O)c2cc(Br)c(C)cc2OC)C1.Cl. The van der Waals surface area contributed by atoms with Gasteiger partial charge in [-0.25, -0.2) is 8.42 Å². The molecule has 0 radical (unpaired) electrons. The number of hydrogen-bond acceptors (Lipinski definition) is 4. The Kier molecular flexibility index (Phi) is 7.14. The molecule has 8 heteroatoms. The first-order valence-corrected chi connectivity index (χ1v) is 9.15. The van der Waals surface area contributed by atoms with Gasteiger partial charge >= 0.3 is 0 Å². The van der Waals surface area contributed by atoms with Crippen LogP contribution >= 0.6 is 28.3 Å². The second kappa shape index (κ2) is 7.97. The van der Waals surface area contributed by atoms with Crippen LogP contribution in [-0.2, 0) is 10.0 Å². The molecule has 5 nitrogen and oxygen atoms in total. The van der Waals surface area contributed by atoms with Gasteiger partial charge in [-0.2, -0.15) is 4.31 Å². The molecule has 0 bridgehead atoms. The average molecular weight is 414 g/mol. The number of nitrogens with one attached hydrogen (secondary N) is 1. The van der Waals surface area contributed by atoms with Crippen LogP contribution in [-0.4, -0.2) is 46.0 Å². The van der Waals surface area contributed by atoms with E-state index in [1.807, 2.05) is 14.0 Å². The Morgan fingerprint density at radius 1 is 1.41 bits per heavy atom. The van der Waals surface area contributed by atoms with E-state index >= 15 is 0 Å². The lowest BCUT2D eigenvalue weighted by Crippen LogP contribution is -2.46. The van der Waals surface area contributed by atoms with E-state index < -0.39 is 10.0 Å². The van der Waals surface area contributed by atoms with Crippen LogP contribution in [0.25, 0.3) is 0 Å². The third kappa shape index (κ3) is 3.94. The minimum absolute atomic E-state index is 0. The second-order valence-corrected chi connectivity index (χ2v) is 8.00. The maximum absolute atomic E-state index is 12.9. The molecule has 0 aromatic heterocycles. The molecule has 0 saturated carbocycles. The molecule has 126 valence electrons. The van der Waals surface area contributed by atoms with Gasteiger partial charge in [-0.15, -0.1) is 12.4 Å². The first-order valence-electron chi connectivity index (χ1n) is 6.91. The van der Waals surface area contributed by atoms with Crippen LogP contribution in [0.4, 0.5) is 0 Å². The molecule has 0 amide bonds. The normalized spacial score (nSPS) is 19.5. The van der Waals surface area contributed by atoms with Crippen LogP contribution in [0.1, 0.15) is 18.4 Å². The first kappa shape index (κ1) is 19.7. The first-order chi connectivity index (χ1) is 9.90. The van der Waals surface area contributed by atoms with Gasteiger partial charge in [0.15, 0.2) is 0 Å². The number of piperidine rings is 1. The predicted molar refractivity (Wildman–Crippen MR) is 93.5 cm³/mol. The summed E-state index contributed by atoms with van der Waals surface area (Å²) >= 11 is 3.40. The number of benzene rings is 1. The van der Waals surface area contributed by atoms with Crippen LogP contribution in [0.2, 0.25) is 0 Å². The third-order valence-corrected chi connectivity index (χ3v) is 6.60. The van der Waals surface area contributed by atoms with E-state index in [9.17, 15) is 8.42 Å². The Bertz CT molecular complexity index is 625. The standard InChI is InChI=1S/C14H21BrN2O3S.ClH/c1-10-7-13(20-3)14(8-12(10)15)21(18,19)17-6-4-5-11(9-17)16-2;/h7-8,11,16H,4-6,9H2,1-3H3;1H. The highest BCUT2D eigenvalue weighted by Gasteiger charge is 2.32. The van der Waals surface area contributed by atoms with E-state index in [1.165, 1.54) is 11.4 Å². The summed E-state index contributed by atoms with van der Waals surface area (Å²) in [4.78, 5) is 0.222. The Hall–Kier alpha value is -0.340. The lowest BCUT2D eigenvalue weighted by atomic mass is 10.1. The van der Waals surface area contributed by atoms with Crippen molar-refractivity contribution in [1.29, 1.82) is 0 Å². The van der Waals surface area contributed by atoms with Crippen molar-refractivity contribution in [1.82, 2.24) is 9.62 Å². The quantitative estimate of drug-likeness (QED) is 0.824. The number of sulfonamides is 1. The van der Waals surface area contributed by atoms with Gasteiger partial charge in [0.05, 0.1) is 7.11 Å². The smallest absolute Gasteiger partial charge is 0.246 e. The van der Waals surface area contributed by atoms with Crippen molar-refractivity contribution in [2.45, 2.75) is 30.7 Å². The molecule has 1 fully saturated rings. The van der Waals surface area contributed by atoms with Gasteiger partial charge in [0.25, 0.3) is 0 Å². The number of ether oxygens (including phenoxy) is 1. The van der Waals surface area contributed by atoms with Crippen LogP contribution < -0.4 is 10.1 Å². The molecule has 1 unspecified atom stereocenters. The number of methoxy groups -OCH3 is 1. The van der Waals surface area contributed by atoms with E-state index in [0.29, 0.717) is 18.8 Å². The zero-order valence-electron chi connectivity index (χ0n) is 12.9. The topological polar surface area (TPSA) is 58.6 Å². The van der Waals surface area contributed by atoms with Crippen LogP contribution in [0, 0.1) is 6.92 Å². The molecule has 1 atom stereocenters. The summed E-state index contributed by atoms with van der Waals surface area (Å²) in [7, 11) is -0.189. The van der Waals surface area contributed by atoms with Crippen LogP contribution in [0.3, 0.4) is 0 Å². The van der Waals surface area contributed by atoms with Gasteiger partial charge in [-0.1, -0.05) is 15.9 Å². The van der Waals surface area contributed by atoms with Crippen molar-refractivity contribution in [3.8, 4) is 5.75 Å². The van der Waals surface area contributed by atoms with E-state index in [2.05, 4.69) is 21.2 Å². The highest BCUT2D eigenvalue weighted by molar-refractivity contribution is 9.10. The van der Waals surface area contributed by atoms with Gasteiger partial charge in [-0.3, -0.25) is 0 Å². The highest BCUT2D eigenvalue weighted by Crippen LogP contribution is 2.33. The van der Waals surface area contributed by atoms with Crippen molar-refractivity contribution in [3.05, 3.63) is 22.2 Å². The van der Waals surface area contributed by atoms with E-state index in [-0.39, 0.29) is 23.3 Å². The monoisotopic (exact) mass is 412 g/mol. The Labute approximate surface area is 147 Å². The van der Waals surface area contributed by atoms with Gasteiger partial charge in [-0.05, 0) is 44.5 Å². The van der Waals surface area contributed by atoms with Crippen molar-refractivity contribution < 1.29 is 13.2 Å². The fourth-order valence-electron chi connectivity index (χ4n) is 2.53. The van der Waals surface area contributed by atoms with Gasteiger partial charge < -0.3 is 10.1 Å². The Morgan fingerprint density at radius 2 is 2.09 bits per heavy atom. The summed E-state index contributed by atoms with van der Waals surface area (Å²) in [6, 6.07) is 3.58. The summed E-state index contributed by atoms with van der Waals surface area (Å²) in [5.41, 5.74) is 0.942. The largest absolute Gasteiger partial charge is 0.495 e. The summed E-state index contributed by atoms with van der Waals surface area (Å²) in [6.07, 6.45) is 1.86. The fourth-order valence-corrected chi connectivity index (χ4v) is 4.72. The number of nitrogens with zero attached hydrogens (tertiary/aromatic N) is 1. The highest BCUT2D eigenvalue weighted by atomic mass is 79.9. The number of rotatable bonds is 4. The number of hydrogen-bond donors (Lipinski definition) is 1. The van der Waals surface area contributed by atoms with E-state index in [4.69, 9.17) is 4.74 Å². The molecular formula is C14H22BrClN2O3S. The molecule has 2 rings (SSSR count). The lowest BCUT2D eigenvalue weighted by Gasteiger charge is -2.32. The second-order valence-electron chi connectivity index (χ2n) is 5.24. The van der Waals surface area contributed by atoms with Crippen LogP contribution in [0.5, 0.6) is 5.75 Å². The molecule has 1 saturated heterocycles. The maximum Gasteiger partial charge on any atom is 0.246 e. The maximum atomic E-state index is 12.9.